The molecule has 0 aliphatic rings. The van der Waals surface area contributed by atoms with E-state index in [-0.39, 0.29) is 19.1 Å². The minimum absolute atomic E-state index is 0.00814. The summed E-state index contributed by atoms with van der Waals surface area (Å²) in [6.07, 6.45) is 64.7. The predicted molar refractivity (Wildman–Crippen MR) is 279 cm³/mol. The van der Waals surface area contributed by atoms with Gasteiger partial charge in [0.25, 0.3) is 7.82 Å². The number of amides is 1. The van der Waals surface area contributed by atoms with E-state index in [1.807, 2.05) is 21.1 Å². The standard InChI is InChI=1S/C56H101N2O6P/c1-6-8-10-12-14-16-18-19-20-21-22-23-24-25-26-27-28-29-30-31-32-33-34-35-36-37-38-39-40-42-44-46-48-50-56(60)57-54(53-64-65(61,62)63-52-51-58(3,4)5)55(59)49-47-45-43-41-17-15-13-11-9-7-2/h8,10,14,16,19-20,22-23,25-26,28-29,31-32,54-55,59H,6-7,9,11-13,15,17-18,21,24,27,30,33-53H2,1-5H3,(H-,57,60,61,62)/b10-8-,16-14-,20-19-,23-22-,26-25-,29-28-,32-31-. The highest BCUT2D eigenvalue weighted by atomic mass is 31.2. The SMILES string of the molecule is CC/C=C\C/C=C\C/C=C\C/C=C\C/C=C\C/C=C\C/C=C\CCCCCCCCCCCCCC(=O)NC(COP(=O)([O-])OCC[N+](C)(C)C)C(O)CCCCCCCCCCCC. The van der Waals surface area contributed by atoms with Crippen LogP contribution in [-0.4, -0.2) is 68.5 Å². The zero-order valence-electron chi connectivity index (χ0n) is 42.7. The molecule has 0 saturated carbocycles. The molecule has 9 heteroatoms. The van der Waals surface area contributed by atoms with Gasteiger partial charge < -0.3 is 28.8 Å². The van der Waals surface area contributed by atoms with Gasteiger partial charge in [-0.2, -0.15) is 0 Å². The van der Waals surface area contributed by atoms with Gasteiger partial charge in [0.15, 0.2) is 0 Å². The van der Waals surface area contributed by atoms with Gasteiger partial charge in [0, 0.05) is 6.42 Å². The number of likely N-dealkylation sites (N-methyl/N-ethyl adjacent to an activating group) is 1. The Hall–Kier alpha value is -2.32. The molecule has 65 heavy (non-hydrogen) atoms. The Morgan fingerprint density at radius 3 is 1.37 bits per heavy atom. The molecule has 0 saturated heterocycles. The van der Waals surface area contributed by atoms with Crippen LogP contribution in [0.5, 0.6) is 0 Å². The lowest BCUT2D eigenvalue weighted by molar-refractivity contribution is -0.870. The molecular formula is C56H101N2O6P. The van der Waals surface area contributed by atoms with Crippen molar-refractivity contribution in [3.05, 3.63) is 85.1 Å². The predicted octanol–water partition coefficient (Wildman–Crippen LogP) is 15.1. The van der Waals surface area contributed by atoms with Crippen molar-refractivity contribution in [2.75, 3.05) is 40.9 Å². The average Bonchev–Trinajstić information content (AvgIpc) is 3.26. The molecule has 1 amide bonds. The molecule has 0 fully saturated rings. The summed E-state index contributed by atoms with van der Waals surface area (Å²) in [7, 11) is 1.29. The second-order valence-corrected chi connectivity index (χ2v) is 20.3. The van der Waals surface area contributed by atoms with Gasteiger partial charge >= 0.3 is 0 Å². The van der Waals surface area contributed by atoms with Crippen molar-refractivity contribution in [1.29, 1.82) is 0 Å². The number of rotatable bonds is 47. The number of nitrogens with zero attached hydrogens (tertiary/aromatic N) is 1. The number of phosphoric acid groups is 1. The van der Waals surface area contributed by atoms with Crippen molar-refractivity contribution < 1.29 is 32.9 Å². The van der Waals surface area contributed by atoms with Crippen molar-refractivity contribution in [2.24, 2.45) is 0 Å². The van der Waals surface area contributed by atoms with E-state index >= 15 is 0 Å². The van der Waals surface area contributed by atoms with Crippen LogP contribution in [0.25, 0.3) is 0 Å². The highest BCUT2D eigenvalue weighted by Crippen LogP contribution is 2.38. The molecule has 0 aromatic heterocycles. The van der Waals surface area contributed by atoms with E-state index in [1.165, 1.54) is 103 Å². The summed E-state index contributed by atoms with van der Waals surface area (Å²) in [5.74, 6) is -0.173. The highest BCUT2D eigenvalue weighted by molar-refractivity contribution is 7.45. The topological polar surface area (TPSA) is 108 Å². The highest BCUT2D eigenvalue weighted by Gasteiger charge is 2.24. The molecule has 0 spiro atoms. The molecule has 3 atom stereocenters. The third-order valence-corrected chi connectivity index (χ3v) is 12.4. The first-order chi connectivity index (χ1) is 31.5. The van der Waals surface area contributed by atoms with E-state index in [2.05, 4.69) is 104 Å². The van der Waals surface area contributed by atoms with Gasteiger partial charge in [-0.25, -0.2) is 0 Å². The van der Waals surface area contributed by atoms with E-state index < -0.39 is 20.0 Å². The minimum atomic E-state index is -4.57. The summed E-state index contributed by atoms with van der Waals surface area (Å²) in [6.45, 7) is 4.57. The first-order valence-corrected chi connectivity index (χ1v) is 27.9. The van der Waals surface area contributed by atoms with Gasteiger partial charge in [0.1, 0.15) is 13.2 Å². The summed E-state index contributed by atoms with van der Waals surface area (Å²) in [5.41, 5.74) is 0. The summed E-state index contributed by atoms with van der Waals surface area (Å²) in [4.78, 5) is 25.4. The molecule has 0 heterocycles. The van der Waals surface area contributed by atoms with Crippen molar-refractivity contribution in [2.45, 2.75) is 225 Å². The quantitative estimate of drug-likeness (QED) is 0.0272. The fraction of sp³-hybridized carbons (Fsp3) is 0.732. The second-order valence-electron chi connectivity index (χ2n) is 18.9. The van der Waals surface area contributed by atoms with Crippen LogP contribution in [0.3, 0.4) is 0 Å². The lowest BCUT2D eigenvalue weighted by Gasteiger charge is -2.30. The molecule has 0 aromatic carbocycles. The van der Waals surface area contributed by atoms with Gasteiger partial charge in [0.2, 0.25) is 5.91 Å². The fourth-order valence-corrected chi connectivity index (χ4v) is 7.98. The lowest BCUT2D eigenvalue weighted by Crippen LogP contribution is -2.46. The largest absolute Gasteiger partial charge is 0.756 e. The second kappa shape index (κ2) is 46.8. The molecule has 0 radical (unpaired) electrons. The zero-order chi connectivity index (χ0) is 47.8. The molecule has 0 aromatic rings. The number of unbranched alkanes of at least 4 members (excludes halogenated alkanes) is 20. The number of aliphatic hydroxyl groups is 1. The van der Waals surface area contributed by atoms with Gasteiger partial charge in [-0.1, -0.05) is 221 Å². The summed E-state index contributed by atoms with van der Waals surface area (Å²) < 4.78 is 23.3. The van der Waals surface area contributed by atoms with E-state index in [0.717, 1.165) is 83.5 Å². The number of allylic oxidation sites excluding steroid dienone is 14. The first kappa shape index (κ1) is 62.7. The number of phosphoric ester groups is 1. The van der Waals surface area contributed by atoms with Crippen LogP contribution < -0.4 is 10.2 Å². The maximum atomic E-state index is 12.9. The van der Waals surface area contributed by atoms with Crippen LogP contribution in [0.15, 0.2) is 85.1 Å². The van der Waals surface area contributed by atoms with E-state index in [1.54, 1.807) is 0 Å². The zero-order valence-corrected chi connectivity index (χ0v) is 43.6. The van der Waals surface area contributed by atoms with Crippen molar-refractivity contribution in [3.63, 3.8) is 0 Å². The number of nitrogens with one attached hydrogen (secondary N) is 1. The molecule has 376 valence electrons. The molecule has 2 N–H and O–H groups in total. The van der Waals surface area contributed by atoms with E-state index in [0.29, 0.717) is 23.9 Å². The fourth-order valence-electron chi connectivity index (χ4n) is 7.25. The molecule has 0 bridgehead atoms. The molecule has 0 aliphatic heterocycles. The van der Waals surface area contributed by atoms with Crippen molar-refractivity contribution in [1.82, 2.24) is 5.32 Å². The van der Waals surface area contributed by atoms with Gasteiger partial charge in [-0.15, -0.1) is 0 Å². The summed E-state index contributed by atoms with van der Waals surface area (Å²) >= 11 is 0. The molecule has 0 aliphatic carbocycles. The number of carbonyl (C=O) groups is 1. The summed E-state index contributed by atoms with van der Waals surface area (Å²) in [5, 5.41) is 13.9. The van der Waals surface area contributed by atoms with E-state index in [4.69, 9.17) is 9.05 Å². The Balaban J connectivity index is 4.07. The van der Waals surface area contributed by atoms with Gasteiger partial charge in [-0.05, 0) is 70.6 Å². The lowest BCUT2D eigenvalue weighted by atomic mass is 10.0. The molecule has 0 rings (SSSR count). The van der Waals surface area contributed by atoms with E-state index in [9.17, 15) is 19.4 Å². The number of hydrogen-bond acceptors (Lipinski definition) is 6. The third-order valence-electron chi connectivity index (χ3n) is 11.4. The van der Waals surface area contributed by atoms with Gasteiger partial charge in [-0.3, -0.25) is 9.36 Å². The number of aliphatic hydroxyl groups excluding tert-OH is 1. The van der Waals surface area contributed by atoms with Gasteiger partial charge in [0.05, 0.1) is 39.9 Å². The smallest absolute Gasteiger partial charge is 0.268 e. The molecule has 8 nitrogen and oxygen atoms in total. The Morgan fingerprint density at radius 2 is 0.938 bits per heavy atom. The Labute approximate surface area is 401 Å². The summed E-state index contributed by atoms with van der Waals surface area (Å²) in [6, 6.07) is -0.805. The number of carbonyl (C=O) groups excluding carboxylic acids is 1. The van der Waals surface area contributed by atoms with Crippen LogP contribution in [0.1, 0.15) is 213 Å². The Morgan fingerprint density at radius 1 is 0.554 bits per heavy atom. The van der Waals surface area contributed by atoms with Crippen LogP contribution >= 0.6 is 7.82 Å². The Bertz CT molecular complexity index is 1330. The Kier molecular flexibility index (Phi) is 45.1. The van der Waals surface area contributed by atoms with Crippen LogP contribution in [0.2, 0.25) is 0 Å². The normalized spacial score (nSPS) is 14.8. The molecule has 3 unspecified atom stereocenters. The minimum Gasteiger partial charge on any atom is -0.756 e. The molecular weight excluding hydrogens is 828 g/mol. The maximum Gasteiger partial charge on any atom is 0.268 e. The third kappa shape index (κ3) is 49.4. The van der Waals surface area contributed by atoms with Crippen LogP contribution in [-0.2, 0) is 18.4 Å². The average molecular weight is 929 g/mol. The monoisotopic (exact) mass is 929 g/mol. The number of quaternary nitrogens is 1. The van der Waals surface area contributed by atoms with Crippen molar-refractivity contribution >= 4 is 13.7 Å². The van der Waals surface area contributed by atoms with Crippen LogP contribution in [0, 0.1) is 0 Å². The first-order valence-electron chi connectivity index (χ1n) is 26.4. The van der Waals surface area contributed by atoms with Crippen LogP contribution in [0.4, 0.5) is 0 Å². The van der Waals surface area contributed by atoms with Crippen molar-refractivity contribution in [3.8, 4) is 0 Å². The number of hydrogen-bond donors (Lipinski definition) is 2. The maximum absolute atomic E-state index is 12.9.